The Hall–Kier alpha value is -6.16. The van der Waals surface area contributed by atoms with E-state index in [0.717, 1.165) is 64.7 Å². The van der Waals surface area contributed by atoms with Crippen LogP contribution in [-0.2, 0) is 20.7 Å². The van der Waals surface area contributed by atoms with Crippen LogP contribution in [0.3, 0.4) is 0 Å². The fourth-order valence-corrected chi connectivity index (χ4v) is 9.04. The number of carbonyl (C=O) groups excluding carboxylic acids is 2. The minimum Gasteiger partial charge on any atom is -0.508 e. The number of ketones is 1. The van der Waals surface area contributed by atoms with Gasteiger partial charge in [-0.05, 0) is 102 Å². The second-order valence-corrected chi connectivity index (χ2v) is 15.6. The van der Waals surface area contributed by atoms with Crippen molar-refractivity contribution in [1.82, 2.24) is 14.9 Å². The summed E-state index contributed by atoms with van der Waals surface area (Å²) in [6, 6.07) is 18.5. The maximum absolute atomic E-state index is 14.2. The molecule has 4 bridgehead atoms. The molecular formula is C47H50N4O6. The predicted molar refractivity (Wildman–Crippen MR) is 222 cm³/mol. The maximum Gasteiger partial charge on any atom is 0.302 e. The van der Waals surface area contributed by atoms with Crippen molar-refractivity contribution in [2.45, 2.75) is 75.9 Å². The molecule has 57 heavy (non-hydrogen) atoms. The first-order valence-corrected chi connectivity index (χ1v) is 19.9. The molecule has 0 unspecified atom stereocenters. The number of dihydropyridines is 1. The normalized spacial score (nSPS) is 22.8. The van der Waals surface area contributed by atoms with E-state index in [1.54, 1.807) is 18.2 Å². The van der Waals surface area contributed by atoms with Gasteiger partial charge < -0.3 is 39.9 Å². The molecule has 10 heteroatoms. The summed E-state index contributed by atoms with van der Waals surface area (Å²) in [5, 5.41) is 30.3. The van der Waals surface area contributed by atoms with Crippen LogP contribution in [0.4, 0.5) is 5.69 Å². The lowest BCUT2D eigenvalue weighted by atomic mass is 9.75. The summed E-state index contributed by atoms with van der Waals surface area (Å²) in [6.45, 7) is 2.04. The molecule has 2 aromatic heterocycles. The molecule has 2 aliphatic heterocycles. The summed E-state index contributed by atoms with van der Waals surface area (Å²) in [4.78, 5) is 30.0. The number of methoxy groups -OCH3 is 1. The fraction of sp³-hybridized carbons (Fsp3) is 0.319. The minimum atomic E-state index is -0.558. The number of Topliss-reactive ketones (excluding diaryl/α,β-unsaturated/α-hetero) is 1. The van der Waals surface area contributed by atoms with Gasteiger partial charge in [-0.15, -0.1) is 0 Å². The average Bonchev–Trinajstić information content (AvgIpc) is 3.86. The van der Waals surface area contributed by atoms with Crippen LogP contribution in [0.25, 0.3) is 10.8 Å². The molecular weight excluding hydrogens is 717 g/mol. The number of anilines is 1. The molecule has 4 heterocycles. The van der Waals surface area contributed by atoms with Gasteiger partial charge in [0.1, 0.15) is 23.5 Å². The first-order chi connectivity index (χ1) is 27.7. The van der Waals surface area contributed by atoms with Crippen molar-refractivity contribution in [3.8, 4) is 17.2 Å². The lowest BCUT2D eigenvalue weighted by molar-refractivity contribution is -0.148. The smallest absolute Gasteiger partial charge is 0.302 e. The summed E-state index contributed by atoms with van der Waals surface area (Å²) in [7, 11) is 1.51. The molecule has 5 aromatic rings. The van der Waals surface area contributed by atoms with Crippen molar-refractivity contribution in [2.24, 2.45) is 5.92 Å². The molecule has 294 valence electrons. The monoisotopic (exact) mass is 766 g/mol. The lowest BCUT2D eigenvalue weighted by Crippen LogP contribution is -2.25. The zero-order valence-electron chi connectivity index (χ0n) is 32.4. The first-order valence-electron chi connectivity index (χ1n) is 19.9. The molecule has 0 amide bonds. The predicted octanol–water partition coefficient (Wildman–Crippen LogP) is 8.91. The number of fused-ring (bicyclic) bond motifs is 5. The zero-order chi connectivity index (χ0) is 39.5. The molecule has 1 aliphatic carbocycles. The number of esters is 1. The summed E-state index contributed by atoms with van der Waals surface area (Å²) in [6.07, 6.45) is 21.0. The number of aromatic nitrogens is 2. The molecule has 3 aliphatic rings. The number of hydrogen-bond donors (Lipinski definition) is 5. The van der Waals surface area contributed by atoms with Crippen molar-refractivity contribution in [1.29, 1.82) is 0 Å². The van der Waals surface area contributed by atoms with Gasteiger partial charge in [-0.2, -0.15) is 0 Å². The average molecular weight is 767 g/mol. The number of allylic oxidation sites excluding steroid dienone is 4. The van der Waals surface area contributed by atoms with E-state index in [1.165, 1.54) is 25.2 Å². The molecule has 0 saturated heterocycles. The topological polar surface area (TPSA) is 138 Å². The number of nitrogens with one attached hydrogen (secondary N) is 3. The summed E-state index contributed by atoms with van der Waals surface area (Å²) in [5.41, 5.74) is 6.34. The fourth-order valence-electron chi connectivity index (χ4n) is 9.04. The van der Waals surface area contributed by atoms with Gasteiger partial charge in [0, 0.05) is 79.4 Å². The number of hydrogen-bond acceptors (Lipinski definition) is 8. The number of nitrogens with zero attached hydrogens (tertiary/aromatic N) is 1. The third kappa shape index (κ3) is 8.36. The summed E-state index contributed by atoms with van der Waals surface area (Å²) < 4.78 is 13.4. The number of phenols is 2. The van der Waals surface area contributed by atoms with Gasteiger partial charge in [0.2, 0.25) is 0 Å². The Morgan fingerprint density at radius 3 is 2.65 bits per heavy atom. The molecule has 5 N–H and O–H groups in total. The van der Waals surface area contributed by atoms with Crippen molar-refractivity contribution in [3.05, 3.63) is 143 Å². The van der Waals surface area contributed by atoms with Gasteiger partial charge in [-0.3, -0.25) is 9.59 Å². The number of carbonyl (C=O) groups is 2. The van der Waals surface area contributed by atoms with Gasteiger partial charge in [-0.25, -0.2) is 0 Å². The highest BCUT2D eigenvalue weighted by Crippen LogP contribution is 2.42. The van der Waals surface area contributed by atoms with Crippen LogP contribution in [-0.4, -0.2) is 51.3 Å². The number of H-pyrrole nitrogens is 1. The van der Waals surface area contributed by atoms with Crippen LogP contribution in [0.15, 0.2) is 121 Å². The number of aromatic amines is 1. The molecule has 10 nitrogen and oxygen atoms in total. The van der Waals surface area contributed by atoms with Gasteiger partial charge >= 0.3 is 5.97 Å². The molecule has 0 spiro atoms. The van der Waals surface area contributed by atoms with E-state index in [-0.39, 0.29) is 47.9 Å². The molecule has 0 radical (unpaired) electrons. The van der Waals surface area contributed by atoms with Crippen LogP contribution in [0.2, 0.25) is 0 Å². The number of ether oxygens (including phenoxy) is 2. The summed E-state index contributed by atoms with van der Waals surface area (Å²) >= 11 is 0. The lowest BCUT2D eigenvalue weighted by Gasteiger charge is -2.30. The van der Waals surface area contributed by atoms with Crippen molar-refractivity contribution < 1.29 is 29.3 Å². The first kappa shape index (κ1) is 37.7. The Morgan fingerprint density at radius 1 is 0.930 bits per heavy atom. The highest BCUT2D eigenvalue weighted by molar-refractivity contribution is 5.94. The van der Waals surface area contributed by atoms with E-state index in [9.17, 15) is 19.8 Å². The highest BCUT2D eigenvalue weighted by Gasteiger charge is 2.30. The van der Waals surface area contributed by atoms with Gasteiger partial charge in [0.05, 0.1) is 13.2 Å². The molecule has 3 aromatic carbocycles. The Labute approximate surface area is 332 Å². The third-order valence-electron chi connectivity index (χ3n) is 11.8. The van der Waals surface area contributed by atoms with Crippen LogP contribution < -0.4 is 15.4 Å². The molecule has 8 rings (SSSR count). The Morgan fingerprint density at radius 2 is 1.81 bits per heavy atom. The largest absolute Gasteiger partial charge is 0.508 e. The standard InChI is InChI=1S/C47H50N4O6/c1-29(52)57-38-15-13-30-7-3-4-11-39(30)41-26-48-25-35(41)20-40(31-8-5-10-36(53)19-31)32-17-18-49-47(22-32)50-43-12-6-9-34-27-51(28-42(34)43)44(24-37(54)23-38)33-14-16-45(55)46(21-33)56-2/h4-6,8-12,14,16-17,19,21-22,25-28,30,38-40,44,48-50,53,55H,3,7,13,15,18,20,23-24H2,1-2H3/t30-,38+,39-,40-,44-/m0/s1. The molecule has 0 fully saturated rings. The Bertz CT molecular complexity index is 2370. The Balaban J connectivity index is 1.24. The van der Waals surface area contributed by atoms with Crippen molar-refractivity contribution in [3.63, 3.8) is 0 Å². The quantitative estimate of drug-likeness (QED) is 0.0904. The SMILES string of the molecule is COc1cc([C@@H]2CC(=O)C[C@H](OC(C)=O)CC[C@@H]3CCC=C[C@@H]3c3c[nH]cc3C[C@@H](c3cccc(O)c3)C3=CCNC(=C3)Nc3cccc4cn2cc34)ccc1O. The number of phenolic OH excluding ortho intramolecular Hbond substituents is 2. The number of aromatic hydroxyl groups is 2. The second kappa shape index (κ2) is 16.5. The van der Waals surface area contributed by atoms with Gasteiger partial charge in [0.25, 0.3) is 0 Å². The minimum absolute atomic E-state index is 0.0185. The highest BCUT2D eigenvalue weighted by atomic mass is 16.5. The van der Waals surface area contributed by atoms with E-state index in [2.05, 4.69) is 75.2 Å². The Kier molecular flexibility index (Phi) is 10.9. The molecule has 0 saturated carbocycles. The van der Waals surface area contributed by atoms with Crippen LogP contribution in [0, 0.1) is 5.92 Å². The zero-order valence-corrected chi connectivity index (χ0v) is 32.4. The summed E-state index contributed by atoms with van der Waals surface area (Å²) in [5.74, 6) is 1.42. The van der Waals surface area contributed by atoms with Gasteiger partial charge in [0.15, 0.2) is 11.5 Å². The van der Waals surface area contributed by atoms with E-state index in [0.29, 0.717) is 18.7 Å². The van der Waals surface area contributed by atoms with Crippen LogP contribution >= 0.6 is 0 Å². The second-order valence-electron chi connectivity index (χ2n) is 15.6. The maximum atomic E-state index is 14.2. The van der Waals surface area contributed by atoms with E-state index < -0.39 is 18.1 Å². The van der Waals surface area contributed by atoms with Crippen molar-refractivity contribution >= 4 is 28.2 Å². The van der Waals surface area contributed by atoms with Crippen LogP contribution in [0.5, 0.6) is 17.2 Å². The third-order valence-corrected chi connectivity index (χ3v) is 11.8. The van der Waals surface area contributed by atoms with E-state index in [4.69, 9.17) is 9.47 Å². The van der Waals surface area contributed by atoms with Crippen LogP contribution in [0.1, 0.15) is 85.6 Å². The number of benzene rings is 3. The van der Waals surface area contributed by atoms with E-state index in [1.807, 2.05) is 36.5 Å². The van der Waals surface area contributed by atoms with Crippen molar-refractivity contribution in [2.75, 3.05) is 19.0 Å². The van der Waals surface area contributed by atoms with E-state index >= 15 is 0 Å². The number of rotatable bonds is 4. The molecule has 5 atom stereocenters. The van der Waals surface area contributed by atoms with Gasteiger partial charge in [-0.1, -0.05) is 48.6 Å².